The van der Waals surface area contributed by atoms with Crippen molar-refractivity contribution in [1.29, 1.82) is 5.26 Å². The van der Waals surface area contributed by atoms with Crippen LogP contribution in [0.25, 0.3) is 0 Å². The zero-order valence-electron chi connectivity index (χ0n) is 10.5. The molecule has 3 fully saturated rings. The van der Waals surface area contributed by atoms with Gasteiger partial charge in [-0.3, -0.25) is 4.79 Å². The van der Waals surface area contributed by atoms with Gasteiger partial charge in [0.25, 0.3) is 0 Å². The molecular formula is C15H19NO. The summed E-state index contributed by atoms with van der Waals surface area (Å²) in [6, 6.07) is 2.57. The van der Waals surface area contributed by atoms with E-state index in [2.05, 4.69) is 19.6 Å². The molecular weight excluding hydrogens is 210 g/mol. The van der Waals surface area contributed by atoms with Crippen molar-refractivity contribution in [2.45, 2.75) is 51.9 Å². The standard InChI is InChI=1S/C15H19NO/c1-11-8-13(2,10-16)15-6-3-5-14(11,15)9-12(17)4-7-15/h1,3-9H2,2H3/t13-,14?,15?/m0/s1. The fourth-order valence-corrected chi connectivity index (χ4v) is 5.20. The number of hydrogen-bond acceptors (Lipinski definition) is 2. The van der Waals surface area contributed by atoms with Crippen LogP contribution in [0.4, 0.5) is 0 Å². The van der Waals surface area contributed by atoms with Crippen LogP contribution >= 0.6 is 0 Å². The van der Waals surface area contributed by atoms with Crippen LogP contribution in [0.3, 0.4) is 0 Å². The van der Waals surface area contributed by atoms with Gasteiger partial charge in [-0.15, -0.1) is 0 Å². The van der Waals surface area contributed by atoms with Crippen molar-refractivity contribution in [1.82, 2.24) is 0 Å². The highest BCUT2D eigenvalue weighted by Gasteiger charge is 2.70. The summed E-state index contributed by atoms with van der Waals surface area (Å²) in [5.74, 6) is 0.380. The van der Waals surface area contributed by atoms with E-state index in [9.17, 15) is 10.1 Å². The average Bonchev–Trinajstić information content (AvgIpc) is 2.76. The molecule has 0 bridgehead atoms. The highest BCUT2D eigenvalue weighted by molar-refractivity contribution is 5.81. The molecule has 3 atom stereocenters. The van der Waals surface area contributed by atoms with Gasteiger partial charge in [0, 0.05) is 18.3 Å². The van der Waals surface area contributed by atoms with E-state index in [-0.39, 0.29) is 16.2 Å². The second-order valence-electron chi connectivity index (χ2n) is 6.46. The Balaban J connectivity index is 2.20. The molecule has 2 heteroatoms. The molecule has 0 amide bonds. The summed E-state index contributed by atoms with van der Waals surface area (Å²) in [5, 5.41) is 9.61. The van der Waals surface area contributed by atoms with Crippen molar-refractivity contribution in [2.24, 2.45) is 16.2 Å². The normalized spacial score (nSPS) is 48.7. The molecule has 0 spiro atoms. The van der Waals surface area contributed by atoms with Gasteiger partial charge in [-0.05, 0) is 38.0 Å². The van der Waals surface area contributed by atoms with Crippen LogP contribution in [-0.4, -0.2) is 5.78 Å². The summed E-state index contributed by atoms with van der Waals surface area (Å²) in [5.41, 5.74) is 0.931. The van der Waals surface area contributed by atoms with Gasteiger partial charge < -0.3 is 0 Å². The fourth-order valence-electron chi connectivity index (χ4n) is 5.20. The van der Waals surface area contributed by atoms with Crippen molar-refractivity contribution in [3.63, 3.8) is 0 Å². The molecule has 0 radical (unpaired) electrons. The molecule has 90 valence electrons. The van der Waals surface area contributed by atoms with E-state index in [4.69, 9.17) is 0 Å². The number of hydrogen-bond donors (Lipinski definition) is 0. The molecule has 0 saturated heterocycles. The molecule has 0 aliphatic heterocycles. The van der Waals surface area contributed by atoms with Crippen molar-refractivity contribution in [3.8, 4) is 6.07 Å². The second kappa shape index (κ2) is 3.02. The van der Waals surface area contributed by atoms with Crippen LogP contribution < -0.4 is 0 Å². The molecule has 3 aliphatic rings. The Morgan fingerprint density at radius 2 is 2.06 bits per heavy atom. The smallest absolute Gasteiger partial charge is 0.133 e. The summed E-state index contributed by atoms with van der Waals surface area (Å²) in [6.45, 7) is 6.34. The molecule has 2 unspecified atom stereocenters. The second-order valence-corrected chi connectivity index (χ2v) is 6.46. The Kier molecular flexibility index (Phi) is 1.95. The summed E-state index contributed by atoms with van der Waals surface area (Å²) < 4.78 is 0. The first-order chi connectivity index (χ1) is 8.00. The molecule has 17 heavy (non-hydrogen) atoms. The monoisotopic (exact) mass is 229 g/mol. The minimum Gasteiger partial charge on any atom is -0.300 e. The van der Waals surface area contributed by atoms with Crippen molar-refractivity contribution >= 4 is 5.78 Å². The van der Waals surface area contributed by atoms with Gasteiger partial charge in [0.15, 0.2) is 0 Å². The Morgan fingerprint density at radius 3 is 2.76 bits per heavy atom. The minimum atomic E-state index is -0.290. The number of allylic oxidation sites excluding steroid dienone is 1. The van der Waals surface area contributed by atoms with Gasteiger partial charge in [-0.2, -0.15) is 5.26 Å². The van der Waals surface area contributed by atoms with E-state index < -0.39 is 0 Å². The Labute approximate surface area is 103 Å². The van der Waals surface area contributed by atoms with Gasteiger partial charge >= 0.3 is 0 Å². The molecule has 3 aliphatic carbocycles. The maximum absolute atomic E-state index is 11.9. The molecule has 0 aromatic heterocycles. The third-order valence-corrected chi connectivity index (χ3v) is 6.00. The molecule has 3 saturated carbocycles. The number of rotatable bonds is 0. The Hall–Kier alpha value is -1.10. The van der Waals surface area contributed by atoms with Crippen molar-refractivity contribution in [3.05, 3.63) is 12.2 Å². The fraction of sp³-hybridized carbons (Fsp3) is 0.733. The number of nitriles is 1. The number of carbonyl (C=O) groups is 1. The number of carbonyl (C=O) groups excluding carboxylic acids is 1. The first kappa shape index (κ1) is 11.0. The maximum Gasteiger partial charge on any atom is 0.133 e. The van der Waals surface area contributed by atoms with Gasteiger partial charge in [0.2, 0.25) is 0 Å². The lowest BCUT2D eigenvalue weighted by Gasteiger charge is -2.49. The van der Waals surface area contributed by atoms with E-state index in [0.29, 0.717) is 18.6 Å². The zero-order valence-corrected chi connectivity index (χ0v) is 10.5. The SMILES string of the molecule is C=C1C[C@@](C)(C#N)C23CCCC12CC(=O)CC3. The average molecular weight is 229 g/mol. The lowest BCUT2D eigenvalue weighted by molar-refractivity contribution is -0.128. The number of Topliss-reactive ketones (excluding diaryl/α,β-unsaturated/α-hetero) is 1. The van der Waals surface area contributed by atoms with E-state index in [1.54, 1.807) is 0 Å². The Bertz CT molecular complexity index is 460. The molecule has 0 aromatic rings. The lowest BCUT2D eigenvalue weighted by Crippen LogP contribution is -2.46. The number of nitrogens with zero attached hydrogens (tertiary/aromatic N) is 1. The highest BCUT2D eigenvalue weighted by atomic mass is 16.1. The van der Waals surface area contributed by atoms with Crippen LogP contribution in [0.1, 0.15) is 51.9 Å². The molecule has 0 heterocycles. The molecule has 2 nitrogen and oxygen atoms in total. The van der Waals surface area contributed by atoms with Crippen LogP contribution in [-0.2, 0) is 4.79 Å². The van der Waals surface area contributed by atoms with Gasteiger partial charge in [0.05, 0.1) is 11.5 Å². The van der Waals surface area contributed by atoms with E-state index in [0.717, 1.165) is 32.1 Å². The number of ketones is 1. The van der Waals surface area contributed by atoms with Gasteiger partial charge in [0.1, 0.15) is 5.78 Å². The zero-order chi connectivity index (χ0) is 12.3. The van der Waals surface area contributed by atoms with Gasteiger partial charge in [-0.1, -0.05) is 18.6 Å². The predicted molar refractivity (Wildman–Crippen MR) is 65.1 cm³/mol. The molecule has 0 aromatic carbocycles. The van der Waals surface area contributed by atoms with E-state index in [1.807, 2.05) is 0 Å². The minimum absolute atomic E-state index is 0.0210. The summed E-state index contributed by atoms with van der Waals surface area (Å²) >= 11 is 0. The first-order valence-electron chi connectivity index (χ1n) is 6.61. The highest BCUT2D eigenvalue weighted by Crippen LogP contribution is 2.76. The van der Waals surface area contributed by atoms with Crippen LogP contribution in [0.15, 0.2) is 12.2 Å². The Morgan fingerprint density at radius 1 is 1.29 bits per heavy atom. The molecule has 0 N–H and O–H groups in total. The summed E-state index contributed by atoms with van der Waals surface area (Å²) in [6.07, 6.45) is 6.39. The first-order valence-corrected chi connectivity index (χ1v) is 6.61. The largest absolute Gasteiger partial charge is 0.300 e. The summed E-state index contributed by atoms with van der Waals surface area (Å²) in [7, 11) is 0. The quantitative estimate of drug-likeness (QED) is 0.597. The van der Waals surface area contributed by atoms with Crippen molar-refractivity contribution in [2.75, 3.05) is 0 Å². The molecule has 3 rings (SSSR count). The summed E-state index contributed by atoms with van der Waals surface area (Å²) in [4.78, 5) is 11.9. The third-order valence-electron chi connectivity index (χ3n) is 6.00. The van der Waals surface area contributed by atoms with E-state index in [1.165, 1.54) is 5.57 Å². The van der Waals surface area contributed by atoms with E-state index >= 15 is 0 Å². The van der Waals surface area contributed by atoms with Gasteiger partial charge in [-0.25, -0.2) is 0 Å². The third kappa shape index (κ3) is 0.996. The predicted octanol–water partition coefficient (Wildman–Crippen LogP) is 3.39. The van der Waals surface area contributed by atoms with Crippen LogP contribution in [0.2, 0.25) is 0 Å². The van der Waals surface area contributed by atoms with Crippen LogP contribution in [0.5, 0.6) is 0 Å². The topological polar surface area (TPSA) is 40.9 Å². The lowest BCUT2D eigenvalue weighted by atomic mass is 9.52. The van der Waals surface area contributed by atoms with Crippen LogP contribution in [0, 0.1) is 27.6 Å². The van der Waals surface area contributed by atoms with Crippen molar-refractivity contribution < 1.29 is 4.79 Å². The maximum atomic E-state index is 11.9.